The van der Waals surface area contributed by atoms with E-state index in [9.17, 15) is 19.2 Å². The molecule has 1 unspecified atom stereocenters. The lowest BCUT2D eigenvalue weighted by molar-refractivity contribution is -0.146. The Balaban J connectivity index is 1.60. The van der Waals surface area contributed by atoms with Crippen molar-refractivity contribution in [2.75, 3.05) is 20.7 Å². The minimum absolute atomic E-state index is 0.0319. The smallest absolute Gasteiger partial charge is 0.258 e. The lowest BCUT2D eigenvalue weighted by Gasteiger charge is -2.37. The summed E-state index contributed by atoms with van der Waals surface area (Å²) in [4.78, 5) is 55.1. The molecule has 1 aromatic carbocycles. The molecule has 6 atom stereocenters. The summed E-state index contributed by atoms with van der Waals surface area (Å²) in [6.45, 7) is 15.1. The summed E-state index contributed by atoms with van der Waals surface area (Å²) < 4.78 is 5.50. The molecular formula is C34H51N5O5. The van der Waals surface area contributed by atoms with Crippen molar-refractivity contribution in [3.63, 3.8) is 0 Å². The third kappa shape index (κ3) is 8.35. The second-order valence-electron chi connectivity index (χ2n) is 12.4. The Morgan fingerprint density at radius 2 is 1.84 bits per heavy atom. The highest BCUT2D eigenvalue weighted by molar-refractivity contribution is 5.92. The van der Waals surface area contributed by atoms with E-state index < -0.39 is 30.0 Å². The number of hydrogen-bond acceptors (Lipinski definition) is 6. The van der Waals surface area contributed by atoms with Gasteiger partial charge in [0.1, 0.15) is 18.1 Å². The van der Waals surface area contributed by atoms with Crippen molar-refractivity contribution in [1.29, 1.82) is 0 Å². The first-order valence-electron chi connectivity index (χ1n) is 15.8. The lowest BCUT2D eigenvalue weighted by Crippen LogP contribution is -2.62. The van der Waals surface area contributed by atoms with Crippen LogP contribution in [0.25, 0.3) is 6.08 Å². The van der Waals surface area contributed by atoms with Crippen LogP contribution in [0.3, 0.4) is 0 Å². The molecule has 1 heterocycles. The van der Waals surface area contributed by atoms with Gasteiger partial charge in [-0.3, -0.25) is 24.2 Å². The van der Waals surface area contributed by atoms with Gasteiger partial charge in [-0.2, -0.15) is 0 Å². The summed E-state index contributed by atoms with van der Waals surface area (Å²) in [6.07, 6.45) is 7.66. The van der Waals surface area contributed by atoms with Gasteiger partial charge < -0.3 is 20.3 Å². The number of nitrogens with zero attached hydrogens (tertiary/aromatic N) is 2. The number of likely N-dealkylation sites (N-methyl/N-ethyl adjacent to an activating group) is 1. The van der Waals surface area contributed by atoms with E-state index in [2.05, 4.69) is 41.3 Å². The van der Waals surface area contributed by atoms with E-state index in [1.165, 1.54) is 10.6 Å². The largest absolute Gasteiger partial charge is 0.381 e. The Morgan fingerprint density at radius 3 is 2.48 bits per heavy atom. The van der Waals surface area contributed by atoms with Gasteiger partial charge in [0, 0.05) is 20.7 Å². The highest BCUT2D eigenvalue weighted by Crippen LogP contribution is 2.36. The predicted octanol–water partition coefficient (Wildman–Crippen LogP) is 3.53. The normalized spacial score (nSPS) is 20.6. The molecule has 2 aliphatic rings. The number of benzene rings is 1. The topological polar surface area (TPSA) is 120 Å². The van der Waals surface area contributed by atoms with Crippen LogP contribution in [0.4, 0.5) is 0 Å². The number of rotatable bonds is 14. The highest BCUT2D eigenvalue weighted by Gasteiger charge is 2.37. The van der Waals surface area contributed by atoms with E-state index in [-0.39, 0.29) is 35.8 Å². The quantitative estimate of drug-likeness (QED) is 0.278. The van der Waals surface area contributed by atoms with Crippen molar-refractivity contribution < 1.29 is 23.9 Å². The molecule has 242 valence electrons. The van der Waals surface area contributed by atoms with Crippen LogP contribution >= 0.6 is 0 Å². The molecule has 0 bridgehead atoms. The molecule has 0 spiro atoms. The molecule has 0 radical (unpaired) electrons. The van der Waals surface area contributed by atoms with Gasteiger partial charge in [-0.05, 0) is 74.1 Å². The molecule has 0 saturated carbocycles. The molecule has 0 aromatic heterocycles. The van der Waals surface area contributed by atoms with E-state index in [4.69, 9.17) is 4.74 Å². The van der Waals surface area contributed by atoms with Gasteiger partial charge in [0.15, 0.2) is 0 Å². The van der Waals surface area contributed by atoms with Crippen molar-refractivity contribution in [2.24, 2.45) is 11.8 Å². The average Bonchev–Trinajstić information content (AvgIpc) is 3.45. The molecule has 1 aliphatic carbocycles. The van der Waals surface area contributed by atoms with Crippen molar-refractivity contribution in [1.82, 2.24) is 26.0 Å². The third-order valence-corrected chi connectivity index (χ3v) is 8.92. The zero-order valence-electron chi connectivity index (χ0n) is 27.2. The number of hydrazine groups is 1. The van der Waals surface area contributed by atoms with Gasteiger partial charge >= 0.3 is 0 Å². The number of carbonyl (C=O) groups excluding carboxylic acids is 4. The monoisotopic (exact) mass is 609 g/mol. The first-order valence-corrected chi connectivity index (χ1v) is 15.8. The highest BCUT2D eigenvalue weighted by atomic mass is 16.5. The van der Waals surface area contributed by atoms with E-state index in [0.717, 1.165) is 24.0 Å². The molecule has 10 nitrogen and oxygen atoms in total. The lowest BCUT2D eigenvalue weighted by atomic mass is 9.97. The molecule has 44 heavy (non-hydrogen) atoms. The number of allylic oxidation sites excluding steroid dienone is 1. The van der Waals surface area contributed by atoms with Crippen LogP contribution in [0.1, 0.15) is 82.5 Å². The van der Waals surface area contributed by atoms with Gasteiger partial charge in [0.05, 0.1) is 18.1 Å². The van der Waals surface area contributed by atoms with Crippen LogP contribution in [-0.2, 0) is 30.3 Å². The van der Waals surface area contributed by atoms with Crippen LogP contribution in [-0.4, -0.2) is 78.5 Å². The van der Waals surface area contributed by atoms with Crippen LogP contribution in [0.2, 0.25) is 0 Å². The van der Waals surface area contributed by atoms with Gasteiger partial charge in [-0.1, -0.05) is 51.6 Å². The van der Waals surface area contributed by atoms with Crippen LogP contribution in [0, 0.1) is 11.8 Å². The van der Waals surface area contributed by atoms with Gasteiger partial charge in [-0.15, -0.1) is 6.58 Å². The molecule has 1 fully saturated rings. The van der Waals surface area contributed by atoms with Crippen LogP contribution in [0.5, 0.6) is 0 Å². The van der Waals surface area contributed by atoms with Gasteiger partial charge in [-0.25, -0.2) is 5.43 Å². The zero-order valence-corrected chi connectivity index (χ0v) is 27.2. The molecule has 1 aromatic rings. The Labute approximate surface area is 262 Å². The molecule has 3 N–H and O–H groups in total. The Morgan fingerprint density at radius 1 is 1.11 bits per heavy atom. The summed E-state index contributed by atoms with van der Waals surface area (Å²) in [6, 6.07) is 3.98. The summed E-state index contributed by atoms with van der Waals surface area (Å²) in [7, 11) is 3.39. The number of hydrogen-bond donors (Lipinski definition) is 3. The fourth-order valence-corrected chi connectivity index (χ4v) is 6.09. The maximum Gasteiger partial charge on any atom is 0.258 e. The van der Waals surface area contributed by atoms with Gasteiger partial charge in [0.25, 0.3) is 5.91 Å². The Bertz CT molecular complexity index is 1220. The van der Waals surface area contributed by atoms with Crippen LogP contribution < -0.4 is 16.1 Å². The second-order valence-corrected chi connectivity index (χ2v) is 12.4. The minimum Gasteiger partial charge on any atom is -0.381 e. The fraction of sp³-hybridized carbons (Fsp3) is 0.588. The van der Waals surface area contributed by atoms with Crippen molar-refractivity contribution >= 4 is 29.7 Å². The van der Waals surface area contributed by atoms with Crippen molar-refractivity contribution in [3.8, 4) is 0 Å². The van der Waals surface area contributed by atoms with E-state index in [1.54, 1.807) is 31.9 Å². The van der Waals surface area contributed by atoms with E-state index in [0.29, 0.717) is 32.2 Å². The summed E-state index contributed by atoms with van der Waals surface area (Å²) in [5, 5.41) is 7.08. The fourth-order valence-electron chi connectivity index (χ4n) is 6.09. The number of amides is 4. The SMILES string of the molecule is C=CCC[C@@H](OC)[C@@H](C)C(=O)N[C@H](C(=O)N[C@@H](C)C(=O)N1CCCC(C(=O)N(C)[C@@H]2CCc3ccc(C=C)cc32)N1)C(C)C. The maximum absolute atomic E-state index is 13.6. The Hall–Kier alpha value is -3.50. The van der Waals surface area contributed by atoms with Crippen molar-refractivity contribution in [3.05, 3.63) is 54.1 Å². The molecule has 1 saturated heterocycles. The number of nitrogens with one attached hydrogen (secondary N) is 3. The van der Waals surface area contributed by atoms with Crippen molar-refractivity contribution in [2.45, 2.75) is 96.5 Å². The third-order valence-electron chi connectivity index (χ3n) is 8.92. The number of fused-ring (bicyclic) bond motifs is 1. The predicted molar refractivity (Wildman–Crippen MR) is 172 cm³/mol. The average molecular weight is 610 g/mol. The maximum atomic E-state index is 13.6. The number of aryl methyl sites for hydroxylation is 1. The zero-order chi connectivity index (χ0) is 32.6. The number of ether oxygens (including phenoxy) is 1. The molecule has 4 amide bonds. The molecular weight excluding hydrogens is 558 g/mol. The van der Waals surface area contributed by atoms with E-state index >= 15 is 0 Å². The first-order chi connectivity index (χ1) is 20.9. The molecule has 10 heteroatoms. The standard InChI is InChI=1S/C34H51N5O5/c1-9-11-14-29(44-8)22(5)31(40)36-30(21(3)4)32(41)35-23(6)33(42)39-19-12-13-27(37-39)34(43)38(7)28-18-17-25-16-15-24(10-2)20-26(25)28/h9-10,15-16,20-23,27-30,37H,1-2,11-14,17-19H2,3-8H3,(H,35,41)(H,36,40)/t22-,23+,27?,28-,29-,30+/m1/s1. The second kappa shape index (κ2) is 16.0. The number of carbonyl (C=O) groups is 4. The summed E-state index contributed by atoms with van der Waals surface area (Å²) in [5.41, 5.74) is 6.54. The van der Waals surface area contributed by atoms with Crippen LogP contribution in [0.15, 0.2) is 37.4 Å². The summed E-state index contributed by atoms with van der Waals surface area (Å²) in [5.74, 6) is -1.82. The minimum atomic E-state index is -0.865. The molecule has 1 aliphatic heterocycles. The van der Waals surface area contributed by atoms with E-state index in [1.807, 2.05) is 33.0 Å². The molecule has 3 rings (SSSR count). The first kappa shape index (κ1) is 35.0. The Kier molecular flexibility index (Phi) is 12.7. The number of methoxy groups -OCH3 is 1. The van der Waals surface area contributed by atoms with Gasteiger partial charge in [0.2, 0.25) is 17.7 Å². The summed E-state index contributed by atoms with van der Waals surface area (Å²) >= 11 is 0.